The molecule has 0 aliphatic carbocycles. The summed E-state index contributed by atoms with van der Waals surface area (Å²) in [5.74, 6) is 1.03. The van der Waals surface area contributed by atoms with Gasteiger partial charge < -0.3 is 4.57 Å². The molecule has 3 aromatic rings. The smallest absolute Gasteiger partial charge is 0.133 e. The van der Waals surface area contributed by atoms with E-state index in [2.05, 4.69) is 47.9 Å². The van der Waals surface area contributed by atoms with Crippen molar-refractivity contribution in [3.8, 4) is 0 Å². The monoisotopic (exact) mass is 478 g/mol. The number of hydrogen-bond acceptors (Lipinski definition) is 1. The highest BCUT2D eigenvalue weighted by Crippen LogP contribution is 2.20. The highest BCUT2D eigenvalue weighted by Gasteiger charge is 2.08. The molecule has 1 aromatic heterocycles. The maximum absolute atomic E-state index is 6.02. The number of unbranched alkanes of at least 4 members (excludes halogenated alkanes) is 13. The van der Waals surface area contributed by atoms with Crippen LogP contribution in [0.15, 0.2) is 48.5 Å². The molecule has 2 aromatic carbocycles. The summed E-state index contributed by atoms with van der Waals surface area (Å²) in [6.45, 7) is 3.32. The number of para-hydroxylation sites is 2. The van der Waals surface area contributed by atoms with Crippen molar-refractivity contribution in [2.24, 2.45) is 0 Å². The van der Waals surface area contributed by atoms with Gasteiger partial charge >= 0.3 is 0 Å². The average molecular weight is 479 g/mol. The lowest BCUT2D eigenvalue weighted by Gasteiger charge is -2.07. The molecule has 0 atom stereocenters. The lowest BCUT2D eigenvalue weighted by molar-refractivity contribution is 0.525. The number of benzene rings is 2. The van der Waals surface area contributed by atoms with Crippen LogP contribution in [-0.4, -0.2) is 9.55 Å². The maximum atomic E-state index is 6.02. The fourth-order valence-corrected chi connectivity index (χ4v) is 4.79. The summed E-state index contributed by atoms with van der Waals surface area (Å²) in [5, 5.41) is 0.766. The minimum Gasteiger partial charge on any atom is -0.324 e. The van der Waals surface area contributed by atoms with Crippen molar-refractivity contribution in [1.29, 1.82) is 0 Å². The molecular formula is C31H43ClN2. The minimum absolute atomic E-state index is 0.766. The number of hydrogen-bond donors (Lipinski definition) is 0. The fraction of sp³-hybridized carbons (Fsp3) is 0.516. The quantitative estimate of drug-likeness (QED) is 0.176. The van der Waals surface area contributed by atoms with Crippen LogP contribution in [0, 0.1) is 0 Å². The number of aromatic nitrogens is 2. The topological polar surface area (TPSA) is 17.8 Å². The van der Waals surface area contributed by atoms with Crippen LogP contribution in [0.4, 0.5) is 0 Å². The van der Waals surface area contributed by atoms with Crippen molar-refractivity contribution in [2.45, 2.75) is 103 Å². The zero-order valence-corrected chi connectivity index (χ0v) is 21.9. The Bertz CT molecular complexity index is 971. The van der Waals surface area contributed by atoms with Crippen molar-refractivity contribution >= 4 is 34.8 Å². The predicted molar refractivity (Wildman–Crippen MR) is 150 cm³/mol. The van der Waals surface area contributed by atoms with Crippen LogP contribution in [0.1, 0.15) is 108 Å². The van der Waals surface area contributed by atoms with Crippen molar-refractivity contribution < 1.29 is 0 Å². The van der Waals surface area contributed by atoms with Crippen molar-refractivity contribution in [3.63, 3.8) is 0 Å². The highest BCUT2D eigenvalue weighted by atomic mass is 35.5. The van der Waals surface area contributed by atoms with Gasteiger partial charge in [0.2, 0.25) is 0 Å². The molecule has 0 saturated heterocycles. The summed E-state index contributed by atoms with van der Waals surface area (Å²) >= 11 is 6.02. The van der Waals surface area contributed by atoms with Crippen molar-refractivity contribution in [2.75, 3.05) is 0 Å². The number of halogens is 1. The van der Waals surface area contributed by atoms with E-state index < -0.39 is 0 Å². The molecule has 3 rings (SSSR count). The summed E-state index contributed by atoms with van der Waals surface area (Å²) in [4.78, 5) is 4.88. The van der Waals surface area contributed by atoms with Gasteiger partial charge in [0.15, 0.2) is 0 Å². The molecule has 0 saturated carbocycles. The van der Waals surface area contributed by atoms with Gasteiger partial charge in [-0.2, -0.15) is 0 Å². The van der Waals surface area contributed by atoms with Crippen LogP contribution >= 0.6 is 11.6 Å². The SMILES string of the molecule is CCCCCCCCCCCCCCCCn1c(/C=C/c2ccc(Cl)cc2)nc2ccccc21. The van der Waals surface area contributed by atoms with Crippen LogP contribution in [-0.2, 0) is 6.54 Å². The van der Waals surface area contributed by atoms with Gasteiger partial charge in [-0.25, -0.2) is 4.98 Å². The normalized spacial score (nSPS) is 11.7. The highest BCUT2D eigenvalue weighted by molar-refractivity contribution is 6.30. The summed E-state index contributed by atoms with van der Waals surface area (Å²) in [6.07, 6.45) is 23.7. The Balaban J connectivity index is 1.36. The van der Waals surface area contributed by atoms with E-state index in [-0.39, 0.29) is 0 Å². The van der Waals surface area contributed by atoms with Crippen molar-refractivity contribution in [3.05, 3.63) is 64.9 Å². The third-order valence-electron chi connectivity index (χ3n) is 6.71. The Labute approximate surface area is 212 Å². The van der Waals surface area contributed by atoms with Crippen molar-refractivity contribution in [1.82, 2.24) is 9.55 Å². The molecule has 0 aliphatic rings. The second-order valence-electron chi connectivity index (χ2n) is 9.59. The van der Waals surface area contributed by atoms with Crippen LogP contribution in [0.2, 0.25) is 5.02 Å². The van der Waals surface area contributed by atoms with E-state index in [1.807, 2.05) is 24.3 Å². The molecule has 0 N–H and O–H groups in total. The van der Waals surface area contributed by atoms with Gasteiger partial charge in [-0.15, -0.1) is 0 Å². The first kappa shape index (κ1) is 26.5. The lowest BCUT2D eigenvalue weighted by atomic mass is 10.0. The van der Waals surface area contributed by atoms with Gasteiger partial charge in [0.25, 0.3) is 0 Å². The Hall–Kier alpha value is -2.06. The Morgan fingerprint density at radius 3 is 1.85 bits per heavy atom. The van der Waals surface area contributed by atoms with Gasteiger partial charge in [-0.05, 0) is 42.3 Å². The Morgan fingerprint density at radius 1 is 0.676 bits per heavy atom. The molecule has 184 valence electrons. The molecule has 0 fully saturated rings. The standard InChI is InChI=1S/C31H43ClN2/c1-2-3-4-5-6-7-8-9-10-11-12-13-14-17-26-34-30-19-16-15-18-29(30)33-31(34)25-22-27-20-23-28(32)24-21-27/h15-16,18-25H,2-14,17,26H2,1H3/b25-22+. The van der Waals surface area contributed by atoms with Gasteiger partial charge in [0, 0.05) is 11.6 Å². The van der Waals surface area contributed by atoms with E-state index in [0.717, 1.165) is 28.5 Å². The average Bonchev–Trinajstić information content (AvgIpc) is 3.21. The Morgan fingerprint density at radius 2 is 1.24 bits per heavy atom. The number of nitrogens with zero attached hydrogens (tertiary/aromatic N) is 2. The largest absolute Gasteiger partial charge is 0.324 e. The number of aryl methyl sites for hydroxylation is 1. The maximum Gasteiger partial charge on any atom is 0.133 e. The summed E-state index contributed by atoms with van der Waals surface area (Å²) in [6, 6.07) is 16.4. The summed E-state index contributed by atoms with van der Waals surface area (Å²) in [5.41, 5.74) is 3.44. The second kappa shape index (κ2) is 15.8. The van der Waals surface area contributed by atoms with E-state index in [9.17, 15) is 0 Å². The van der Waals surface area contributed by atoms with Crippen LogP contribution < -0.4 is 0 Å². The zero-order chi connectivity index (χ0) is 23.8. The molecule has 1 heterocycles. The first-order chi connectivity index (χ1) is 16.8. The molecule has 0 amide bonds. The third-order valence-corrected chi connectivity index (χ3v) is 6.97. The second-order valence-corrected chi connectivity index (χ2v) is 10.0. The van der Waals surface area contributed by atoms with Crippen LogP contribution in [0.25, 0.3) is 23.2 Å². The van der Waals surface area contributed by atoms with E-state index in [0.29, 0.717) is 0 Å². The van der Waals surface area contributed by atoms with Gasteiger partial charge in [-0.1, -0.05) is 132 Å². The molecule has 2 nitrogen and oxygen atoms in total. The minimum atomic E-state index is 0.766. The van der Waals surface area contributed by atoms with E-state index >= 15 is 0 Å². The fourth-order valence-electron chi connectivity index (χ4n) is 4.67. The summed E-state index contributed by atoms with van der Waals surface area (Å²) in [7, 11) is 0. The molecule has 0 spiro atoms. The molecular weight excluding hydrogens is 436 g/mol. The van der Waals surface area contributed by atoms with Gasteiger partial charge in [0.05, 0.1) is 11.0 Å². The van der Waals surface area contributed by atoms with Gasteiger partial charge in [-0.3, -0.25) is 0 Å². The molecule has 3 heteroatoms. The Kier molecular flexibility index (Phi) is 12.3. The van der Waals surface area contributed by atoms with E-state index in [1.54, 1.807) is 0 Å². The molecule has 0 radical (unpaired) electrons. The third kappa shape index (κ3) is 9.29. The van der Waals surface area contributed by atoms with Crippen LogP contribution in [0.5, 0.6) is 0 Å². The molecule has 34 heavy (non-hydrogen) atoms. The molecule has 0 aliphatic heterocycles. The lowest BCUT2D eigenvalue weighted by Crippen LogP contribution is -2.00. The number of imidazole rings is 1. The predicted octanol–water partition coefficient (Wildman–Crippen LogP) is 10.3. The summed E-state index contributed by atoms with van der Waals surface area (Å²) < 4.78 is 2.38. The molecule has 0 bridgehead atoms. The van der Waals surface area contributed by atoms with E-state index in [1.165, 1.54) is 95.4 Å². The number of fused-ring (bicyclic) bond motifs is 1. The first-order valence-corrected chi connectivity index (χ1v) is 14.0. The van der Waals surface area contributed by atoms with Crippen LogP contribution in [0.3, 0.4) is 0 Å². The zero-order valence-electron chi connectivity index (χ0n) is 21.2. The van der Waals surface area contributed by atoms with Gasteiger partial charge in [0.1, 0.15) is 5.82 Å². The van der Waals surface area contributed by atoms with E-state index in [4.69, 9.17) is 16.6 Å². The number of rotatable bonds is 17. The molecule has 0 unspecified atom stereocenters. The first-order valence-electron chi connectivity index (χ1n) is 13.7.